The van der Waals surface area contributed by atoms with E-state index in [4.69, 9.17) is 5.41 Å². The fourth-order valence-electron chi connectivity index (χ4n) is 3.01. The summed E-state index contributed by atoms with van der Waals surface area (Å²) < 4.78 is 26.8. The number of nitrogens with one attached hydrogen (secondary N) is 2. The van der Waals surface area contributed by atoms with Gasteiger partial charge in [-0.25, -0.2) is 13.6 Å². The lowest BCUT2D eigenvalue weighted by Crippen LogP contribution is -2.52. The van der Waals surface area contributed by atoms with Crippen molar-refractivity contribution in [3.05, 3.63) is 35.4 Å². The van der Waals surface area contributed by atoms with Gasteiger partial charge in [0, 0.05) is 18.5 Å². The highest BCUT2D eigenvalue weighted by atomic mass is 19.1. The van der Waals surface area contributed by atoms with E-state index >= 15 is 0 Å². The molecule has 1 aromatic carbocycles. The van der Waals surface area contributed by atoms with Crippen molar-refractivity contribution in [2.24, 2.45) is 0 Å². The van der Waals surface area contributed by atoms with Gasteiger partial charge in [-0.2, -0.15) is 0 Å². The zero-order chi connectivity index (χ0) is 15.9. The number of amides is 2. The second kappa shape index (κ2) is 5.64. The van der Waals surface area contributed by atoms with Gasteiger partial charge in [0.1, 0.15) is 17.5 Å². The molecule has 22 heavy (non-hydrogen) atoms. The first kappa shape index (κ1) is 14.9. The molecule has 0 spiro atoms. The maximum atomic E-state index is 13.4. The van der Waals surface area contributed by atoms with Crippen molar-refractivity contribution in [2.75, 3.05) is 0 Å². The van der Waals surface area contributed by atoms with Crippen LogP contribution in [0.4, 0.5) is 13.6 Å². The van der Waals surface area contributed by atoms with Gasteiger partial charge in [-0.3, -0.25) is 10.3 Å². The van der Waals surface area contributed by atoms with Crippen molar-refractivity contribution in [3.63, 3.8) is 0 Å². The Morgan fingerprint density at radius 1 is 1.27 bits per heavy atom. The molecule has 0 radical (unpaired) electrons. The molecular formula is C15H17F2N3O2. The SMILES string of the molecule is N=C1CC[C@@H](c2cc(F)cc(F)c2)N1C(=O)NC1CC(O)C1. The Balaban J connectivity index is 1.78. The highest BCUT2D eigenvalue weighted by Gasteiger charge is 2.37. The Bertz CT molecular complexity index is 597. The van der Waals surface area contributed by atoms with Crippen LogP contribution in [-0.4, -0.2) is 34.0 Å². The van der Waals surface area contributed by atoms with Gasteiger partial charge in [0.15, 0.2) is 0 Å². The average molecular weight is 309 g/mol. The Hall–Kier alpha value is -2.02. The molecule has 1 atom stereocenters. The van der Waals surface area contributed by atoms with Crippen LogP contribution >= 0.6 is 0 Å². The van der Waals surface area contributed by atoms with Gasteiger partial charge in [-0.05, 0) is 37.0 Å². The van der Waals surface area contributed by atoms with Crippen LogP contribution in [-0.2, 0) is 0 Å². The summed E-state index contributed by atoms with van der Waals surface area (Å²) in [7, 11) is 0. The molecule has 0 aromatic heterocycles. The highest BCUT2D eigenvalue weighted by Crippen LogP contribution is 2.34. The molecule has 1 aromatic rings. The summed E-state index contributed by atoms with van der Waals surface area (Å²) in [5.74, 6) is -1.26. The van der Waals surface area contributed by atoms with Crippen LogP contribution in [0.3, 0.4) is 0 Å². The molecule has 5 nitrogen and oxygen atoms in total. The molecule has 1 saturated carbocycles. The lowest BCUT2D eigenvalue weighted by molar-refractivity contribution is 0.0644. The normalized spacial score (nSPS) is 27.7. The number of halogens is 2. The number of likely N-dealkylation sites (tertiary alicyclic amines) is 1. The zero-order valence-corrected chi connectivity index (χ0v) is 11.9. The molecule has 7 heteroatoms. The number of hydrogen-bond acceptors (Lipinski definition) is 3. The zero-order valence-electron chi connectivity index (χ0n) is 11.9. The first-order chi connectivity index (χ1) is 10.4. The molecule has 0 bridgehead atoms. The number of hydrogen-bond donors (Lipinski definition) is 3. The number of benzene rings is 1. The molecule has 1 saturated heterocycles. The summed E-state index contributed by atoms with van der Waals surface area (Å²) in [4.78, 5) is 13.6. The summed E-state index contributed by atoms with van der Waals surface area (Å²) in [6.45, 7) is 0. The van der Waals surface area contributed by atoms with Crippen molar-refractivity contribution in [3.8, 4) is 0 Å². The maximum Gasteiger partial charge on any atom is 0.323 e. The van der Waals surface area contributed by atoms with E-state index in [1.54, 1.807) is 0 Å². The molecule has 3 rings (SSSR count). The molecule has 3 N–H and O–H groups in total. The Morgan fingerprint density at radius 2 is 1.91 bits per heavy atom. The van der Waals surface area contributed by atoms with Gasteiger partial charge < -0.3 is 10.4 Å². The van der Waals surface area contributed by atoms with Crippen molar-refractivity contribution in [2.45, 2.75) is 43.9 Å². The second-order valence-corrected chi connectivity index (χ2v) is 5.85. The minimum absolute atomic E-state index is 0.110. The molecule has 2 fully saturated rings. The predicted molar refractivity (Wildman–Crippen MR) is 75.5 cm³/mol. The van der Waals surface area contributed by atoms with E-state index in [2.05, 4.69) is 5.32 Å². The van der Waals surface area contributed by atoms with Gasteiger partial charge in [0.2, 0.25) is 0 Å². The summed E-state index contributed by atoms with van der Waals surface area (Å²) in [5, 5.41) is 19.9. The second-order valence-electron chi connectivity index (χ2n) is 5.85. The first-order valence-electron chi connectivity index (χ1n) is 7.25. The maximum absolute atomic E-state index is 13.4. The fraction of sp³-hybridized carbons (Fsp3) is 0.467. The van der Waals surface area contributed by atoms with Gasteiger partial charge in [-0.1, -0.05) is 0 Å². The van der Waals surface area contributed by atoms with Crippen LogP contribution in [0.2, 0.25) is 0 Å². The third-order valence-electron chi connectivity index (χ3n) is 4.19. The number of amidine groups is 1. The quantitative estimate of drug-likeness (QED) is 0.784. The Labute approximate surface area is 126 Å². The number of rotatable bonds is 2. The predicted octanol–water partition coefficient (Wildman–Crippen LogP) is 2.31. The topological polar surface area (TPSA) is 76.4 Å². The van der Waals surface area contributed by atoms with Crippen LogP contribution in [0.1, 0.15) is 37.3 Å². The van der Waals surface area contributed by atoms with Crippen LogP contribution in [0.15, 0.2) is 18.2 Å². The van der Waals surface area contributed by atoms with Crippen LogP contribution in [0, 0.1) is 17.0 Å². The minimum Gasteiger partial charge on any atom is -0.393 e. The molecule has 2 aliphatic rings. The summed E-state index contributed by atoms with van der Waals surface area (Å²) >= 11 is 0. The van der Waals surface area contributed by atoms with E-state index < -0.39 is 29.8 Å². The molecular weight excluding hydrogens is 292 g/mol. The van der Waals surface area contributed by atoms with Crippen LogP contribution < -0.4 is 5.32 Å². The number of urea groups is 1. The minimum atomic E-state index is -0.698. The molecule has 1 aliphatic carbocycles. The lowest BCUT2D eigenvalue weighted by atomic mass is 9.90. The molecule has 118 valence electrons. The Kier molecular flexibility index (Phi) is 3.82. The molecule has 1 aliphatic heterocycles. The number of aliphatic hydroxyl groups excluding tert-OH is 1. The van der Waals surface area contributed by atoms with Gasteiger partial charge in [-0.15, -0.1) is 0 Å². The molecule has 2 amide bonds. The van der Waals surface area contributed by atoms with E-state index in [1.807, 2.05) is 0 Å². The largest absolute Gasteiger partial charge is 0.393 e. The summed E-state index contributed by atoms with van der Waals surface area (Å²) in [6.07, 6.45) is 1.43. The third-order valence-corrected chi connectivity index (χ3v) is 4.19. The van der Waals surface area contributed by atoms with E-state index in [-0.39, 0.29) is 11.9 Å². The van der Waals surface area contributed by atoms with E-state index in [0.717, 1.165) is 6.07 Å². The van der Waals surface area contributed by atoms with E-state index in [0.29, 0.717) is 31.2 Å². The fourth-order valence-corrected chi connectivity index (χ4v) is 3.01. The molecule has 1 heterocycles. The average Bonchev–Trinajstić information content (AvgIpc) is 2.77. The Morgan fingerprint density at radius 3 is 2.50 bits per heavy atom. The summed E-state index contributed by atoms with van der Waals surface area (Å²) in [6, 6.07) is 2.07. The third kappa shape index (κ3) is 2.81. The number of aliphatic hydroxyl groups is 1. The van der Waals surface area contributed by atoms with E-state index in [1.165, 1.54) is 17.0 Å². The van der Waals surface area contributed by atoms with Gasteiger partial charge in [0.05, 0.1) is 12.1 Å². The van der Waals surface area contributed by atoms with Crippen molar-refractivity contribution < 1.29 is 18.7 Å². The monoisotopic (exact) mass is 309 g/mol. The van der Waals surface area contributed by atoms with E-state index in [9.17, 15) is 18.7 Å². The highest BCUT2D eigenvalue weighted by molar-refractivity contribution is 5.98. The van der Waals surface area contributed by atoms with Crippen molar-refractivity contribution >= 4 is 11.9 Å². The number of carbonyl (C=O) groups is 1. The van der Waals surface area contributed by atoms with Crippen molar-refractivity contribution in [1.82, 2.24) is 10.2 Å². The first-order valence-corrected chi connectivity index (χ1v) is 7.25. The van der Waals surface area contributed by atoms with Crippen molar-refractivity contribution in [1.29, 1.82) is 5.41 Å². The van der Waals surface area contributed by atoms with Crippen LogP contribution in [0.25, 0.3) is 0 Å². The molecule has 0 unspecified atom stereocenters. The number of nitrogens with zero attached hydrogens (tertiary/aromatic N) is 1. The van der Waals surface area contributed by atoms with Gasteiger partial charge >= 0.3 is 6.03 Å². The van der Waals surface area contributed by atoms with Crippen LogP contribution in [0.5, 0.6) is 0 Å². The van der Waals surface area contributed by atoms with Gasteiger partial charge in [0.25, 0.3) is 0 Å². The summed E-state index contributed by atoms with van der Waals surface area (Å²) in [5.41, 5.74) is 0.351. The lowest BCUT2D eigenvalue weighted by Gasteiger charge is -2.34. The standard InChI is InChI=1S/C15H17F2N3O2/c16-9-3-8(4-10(17)5-9)13-1-2-14(18)20(13)15(22)19-11-6-12(21)7-11/h3-5,11-13,18,21H,1-2,6-7H2,(H,19,22)/t11?,12?,13-/m0/s1. The smallest absolute Gasteiger partial charge is 0.323 e. The number of carbonyl (C=O) groups excluding carboxylic acids is 1.